The van der Waals surface area contributed by atoms with Gasteiger partial charge in [0, 0.05) is 26.7 Å². The summed E-state index contributed by atoms with van der Waals surface area (Å²) in [6, 6.07) is 7.71. The monoisotopic (exact) mass is 272 g/mol. The third-order valence-electron chi connectivity index (χ3n) is 3.66. The molecule has 1 fully saturated rings. The first kappa shape index (κ1) is 14.4. The number of hydrogen-bond acceptors (Lipinski definition) is 4. The number of nitrogens with two attached hydrogens (primary N) is 1. The molecule has 1 aromatic rings. The lowest BCUT2D eigenvalue weighted by Gasteiger charge is -2.23. The van der Waals surface area contributed by atoms with E-state index in [1.54, 1.807) is 6.07 Å². The average molecular weight is 272 g/mol. The van der Waals surface area contributed by atoms with Crippen LogP contribution in [0.15, 0.2) is 18.2 Å². The number of rotatable bonds is 4. The highest BCUT2D eigenvalue weighted by Crippen LogP contribution is 2.20. The zero-order valence-corrected chi connectivity index (χ0v) is 11.8. The standard InChI is InChI=1S/C15H20N4O/c1-18(11-15(20)19-6-2-3-7-19)14-5-4-12(9-16)8-13(14)10-17/h4-5,8H,2-3,6-7,9,11,16H2,1H3. The minimum absolute atomic E-state index is 0.122. The Hall–Kier alpha value is -2.06. The van der Waals surface area contributed by atoms with E-state index in [1.807, 2.05) is 29.0 Å². The number of anilines is 1. The van der Waals surface area contributed by atoms with Gasteiger partial charge in [-0.3, -0.25) is 4.79 Å². The van der Waals surface area contributed by atoms with Crippen molar-refractivity contribution in [3.8, 4) is 6.07 Å². The third kappa shape index (κ3) is 3.09. The lowest BCUT2D eigenvalue weighted by atomic mass is 10.1. The number of nitriles is 1. The van der Waals surface area contributed by atoms with E-state index in [1.165, 1.54) is 0 Å². The summed E-state index contributed by atoms with van der Waals surface area (Å²) in [5, 5.41) is 9.22. The van der Waals surface area contributed by atoms with Gasteiger partial charge in [-0.05, 0) is 30.5 Å². The SMILES string of the molecule is CN(CC(=O)N1CCCC1)c1ccc(CN)cc1C#N. The van der Waals surface area contributed by atoms with Crippen molar-refractivity contribution in [3.05, 3.63) is 29.3 Å². The molecule has 0 radical (unpaired) electrons. The van der Waals surface area contributed by atoms with Crippen LogP contribution < -0.4 is 10.6 Å². The topological polar surface area (TPSA) is 73.4 Å². The van der Waals surface area contributed by atoms with Crippen LogP contribution in [0.25, 0.3) is 0 Å². The van der Waals surface area contributed by atoms with Crippen LogP contribution in [-0.4, -0.2) is 37.5 Å². The molecule has 106 valence electrons. The van der Waals surface area contributed by atoms with Gasteiger partial charge >= 0.3 is 0 Å². The van der Waals surface area contributed by atoms with Crippen LogP contribution in [0.4, 0.5) is 5.69 Å². The summed E-state index contributed by atoms with van der Waals surface area (Å²) in [7, 11) is 1.84. The van der Waals surface area contributed by atoms with Crippen molar-refractivity contribution < 1.29 is 4.79 Å². The molecule has 5 nitrogen and oxygen atoms in total. The maximum atomic E-state index is 12.1. The van der Waals surface area contributed by atoms with Gasteiger partial charge in [0.25, 0.3) is 0 Å². The highest BCUT2D eigenvalue weighted by Gasteiger charge is 2.20. The van der Waals surface area contributed by atoms with Crippen LogP contribution in [0.3, 0.4) is 0 Å². The maximum Gasteiger partial charge on any atom is 0.242 e. The lowest BCUT2D eigenvalue weighted by molar-refractivity contribution is -0.128. The Balaban J connectivity index is 2.10. The quantitative estimate of drug-likeness (QED) is 0.890. The predicted octanol–water partition coefficient (Wildman–Crippen LogP) is 1.08. The zero-order chi connectivity index (χ0) is 14.5. The van der Waals surface area contributed by atoms with Crippen molar-refractivity contribution in [3.63, 3.8) is 0 Å². The Bertz CT molecular complexity index is 529. The molecule has 5 heteroatoms. The fourth-order valence-corrected chi connectivity index (χ4v) is 2.49. The van der Waals surface area contributed by atoms with Crippen molar-refractivity contribution in [2.45, 2.75) is 19.4 Å². The minimum Gasteiger partial charge on any atom is -0.364 e. The molecule has 20 heavy (non-hydrogen) atoms. The smallest absolute Gasteiger partial charge is 0.242 e. The zero-order valence-electron chi connectivity index (χ0n) is 11.8. The summed E-state index contributed by atoms with van der Waals surface area (Å²) in [6.45, 7) is 2.41. The normalized spacial score (nSPS) is 14.2. The number of carbonyl (C=O) groups is 1. The summed E-state index contributed by atoms with van der Waals surface area (Å²) >= 11 is 0. The fraction of sp³-hybridized carbons (Fsp3) is 0.467. The molecule has 0 aliphatic carbocycles. The molecule has 0 bridgehead atoms. The molecule has 2 rings (SSSR count). The van der Waals surface area contributed by atoms with Gasteiger partial charge in [-0.25, -0.2) is 0 Å². The van der Waals surface area contributed by atoms with Gasteiger partial charge in [0.05, 0.1) is 17.8 Å². The number of nitrogens with zero attached hydrogens (tertiary/aromatic N) is 3. The van der Waals surface area contributed by atoms with Gasteiger partial charge in [-0.15, -0.1) is 0 Å². The molecule has 0 unspecified atom stereocenters. The molecule has 2 N–H and O–H groups in total. The third-order valence-corrected chi connectivity index (χ3v) is 3.66. The molecule has 1 aliphatic heterocycles. The van der Waals surface area contributed by atoms with E-state index in [9.17, 15) is 10.1 Å². The molecule has 1 aliphatic rings. The molecule has 0 saturated carbocycles. The molecule has 0 aromatic heterocycles. The van der Waals surface area contributed by atoms with E-state index in [-0.39, 0.29) is 5.91 Å². The Morgan fingerprint density at radius 3 is 2.75 bits per heavy atom. The van der Waals surface area contributed by atoms with Crippen molar-refractivity contribution in [2.75, 3.05) is 31.6 Å². The van der Waals surface area contributed by atoms with E-state index in [2.05, 4.69) is 6.07 Å². The van der Waals surface area contributed by atoms with Gasteiger partial charge in [0.1, 0.15) is 6.07 Å². The molecule has 1 heterocycles. The summed E-state index contributed by atoms with van der Waals surface area (Å²) < 4.78 is 0. The lowest BCUT2D eigenvalue weighted by Crippen LogP contribution is -2.37. The van der Waals surface area contributed by atoms with E-state index < -0.39 is 0 Å². The highest BCUT2D eigenvalue weighted by atomic mass is 16.2. The van der Waals surface area contributed by atoms with Crippen molar-refractivity contribution in [1.82, 2.24) is 4.90 Å². The predicted molar refractivity (Wildman–Crippen MR) is 78.1 cm³/mol. The van der Waals surface area contributed by atoms with E-state index >= 15 is 0 Å². The number of likely N-dealkylation sites (tertiary alicyclic amines) is 1. The largest absolute Gasteiger partial charge is 0.364 e. The second-order valence-electron chi connectivity index (χ2n) is 5.11. The fourth-order valence-electron chi connectivity index (χ4n) is 2.49. The van der Waals surface area contributed by atoms with Gasteiger partial charge in [0.2, 0.25) is 5.91 Å². The molecule has 0 atom stereocenters. The Labute approximate surface area is 119 Å². The molecule has 1 saturated heterocycles. The van der Waals surface area contributed by atoms with Crippen LogP contribution in [0.5, 0.6) is 0 Å². The van der Waals surface area contributed by atoms with Crippen LogP contribution in [0.1, 0.15) is 24.0 Å². The first-order chi connectivity index (χ1) is 9.65. The highest BCUT2D eigenvalue weighted by molar-refractivity contribution is 5.82. The van der Waals surface area contributed by atoms with Gasteiger partial charge in [-0.1, -0.05) is 6.07 Å². The van der Waals surface area contributed by atoms with Gasteiger partial charge < -0.3 is 15.5 Å². The Morgan fingerprint density at radius 2 is 2.15 bits per heavy atom. The minimum atomic E-state index is 0.122. The van der Waals surface area contributed by atoms with Crippen LogP contribution in [0.2, 0.25) is 0 Å². The second kappa shape index (κ2) is 6.40. The van der Waals surface area contributed by atoms with Gasteiger partial charge in [-0.2, -0.15) is 5.26 Å². The number of likely N-dealkylation sites (N-methyl/N-ethyl adjacent to an activating group) is 1. The summed E-state index contributed by atoms with van der Waals surface area (Å²) in [4.78, 5) is 15.9. The van der Waals surface area contributed by atoms with Crippen molar-refractivity contribution in [1.29, 1.82) is 5.26 Å². The van der Waals surface area contributed by atoms with Gasteiger partial charge in [0.15, 0.2) is 0 Å². The number of benzene rings is 1. The summed E-state index contributed by atoms with van der Waals surface area (Å²) in [5.41, 5.74) is 7.84. The number of hydrogen-bond donors (Lipinski definition) is 1. The molecular formula is C15H20N4O. The summed E-state index contributed by atoms with van der Waals surface area (Å²) in [6.07, 6.45) is 2.17. The molecule has 0 spiro atoms. The number of amides is 1. The molecule has 1 amide bonds. The van der Waals surface area contributed by atoms with Crippen LogP contribution in [-0.2, 0) is 11.3 Å². The van der Waals surface area contributed by atoms with E-state index in [0.717, 1.165) is 37.2 Å². The van der Waals surface area contributed by atoms with Crippen LogP contribution >= 0.6 is 0 Å². The summed E-state index contributed by atoms with van der Waals surface area (Å²) in [5.74, 6) is 0.122. The molecule has 1 aromatic carbocycles. The van der Waals surface area contributed by atoms with Crippen LogP contribution in [0, 0.1) is 11.3 Å². The Kier molecular flexibility index (Phi) is 4.59. The Morgan fingerprint density at radius 1 is 1.45 bits per heavy atom. The van der Waals surface area contributed by atoms with E-state index in [0.29, 0.717) is 18.7 Å². The maximum absolute atomic E-state index is 12.1. The first-order valence-corrected chi connectivity index (χ1v) is 6.87. The first-order valence-electron chi connectivity index (χ1n) is 6.87. The second-order valence-corrected chi connectivity index (χ2v) is 5.11. The molecular weight excluding hydrogens is 252 g/mol. The number of carbonyl (C=O) groups excluding carboxylic acids is 1. The van der Waals surface area contributed by atoms with Crippen molar-refractivity contribution >= 4 is 11.6 Å². The average Bonchev–Trinajstić information content (AvgIpc) is 3.00. The van der Waals surface area contributed by atoms with E-state index in [4.69, 9.17) is 5.73 Å². The van der Waals surface area contributed by atoms with Crippen molar-refractivity contribution in [2.24, 2.45) is 5.73 Å².